The summed E-state index contributed by atoms with van der Waals surface area (Å²) in [5.74, 6) is -0.231. The Morgan fingerprint density at radius 2 is 1.79 bits per heavy atom. The summed E-state index contributed by atoms with van der Waals surface area (Å²) in [4.78, 5) is 14.6. The molecule has 1 N–H and O–H groups in total. The molecular formula is C24H31FN2O2. The highest BCUT2D eigenvalue weighted by Crippen LogP contribution is 2.29. The molecule has 0 bridgehead atoms. The standard InChI is InChI=1S/C24H31FN2O2/c1-18-8-9-20(15-22(18)25)19-10-11-23-21(14-19)16-26-12-6-4-3-5-7-13-27(23)24(28)17-29-2/h8-11,14-15,26H,3-7,12-13,16-17H2,1-2H3. The molecule has 1 aliphatic rings. The number of ether oxygens (including phenoxy) is 1. The maximum Gasteiger partial charge on any atom is 0.252 e. The first-order chi connectivity index (χ1) is 14.1. The molecule has 1 aliphatic heterocycles. The minimum atomic E-state index is -0.203. The molecule has 0 aliphatic carbocycles. The van der Waals surface area contributed by atoms with Crippen molar-refractivity contribution in [2.45, 2.75) is 45.6 Å². The summed E-state index contributed by atoms with van der Waals surface area (Å²) in [6.07, 6.45) is 5.65. The van der Waals surface area contributed by atoms with Gasteiger partial charge < -0.3 is 15.0 Å². The molecule has 2 aromatic carbocycles. The number of anilines is 1. The van der Waals surface area contributed by atoms with E-state index in [0.717, 1.165) is 48.2 Å². The molecule has 0 spiro atoms. The Hall–Kier alpha value is -2.24. The summed E-state index contributed by atoms with van der Waals surface area (Å²) in [5, 5.41) is 3.51. The summed E-state index contributed by atoms with van der Waals surface area (Å²) in [6, 6.07) is 11.4. The van der Waals surface area contributed by atoms with Gasteiger partial charge in [-0.25, -0.2) is 4.39 Å². The first-order valence-electron chi connectivity index (χ1n) is 10.5. The first-order valence-corrected chi connectivity index (χ1v) is 10.5. The zero-order valence-corrected chi connectivity index (χ0v) is 17.5. The van der Waals surface area contributed by atoms with Crippen LogP contribution in [0.4, 0.5) is 10.1 Å². The van der Waals surface area contributed by atoms with Gasteiger partial charge in [0, 0.05) is 25.9 Å². The second-order valence-electron chi connectivity index (χ2n) is 7.73. The molecule has 1 heterocycles. The minimum absolute atomic E-state index is 0.0278. The summed E-state index contributed by atoms with van der Waals surface area (Å²) in [6.45, 7) is 4.15. The Labute approximate surface area is 173 Å². The fourth-order valence-corrected chi connectivity index (χ4v) is 3.80. The van der Waals surface area contributed by atoms with E-state index in [1.54, 1.807) is 26.2 Å². The van der Waals surface area contributed by atoms with Crippen molar-refractivity contribution in [1.29, 1.82) is 0 Å². The molecule has 5 heteroatoms. The molecule has 1 amide bonds. The third-order valence-corrected chi connectivity index (χ3v) is 5.50. The lowest BCUT2D eigenvalue weighted by atomic mass is 9.99. The summed E-state index contributed by atoms with van der Waals surface area (Å²) in [5.41, 5.74) is 4.40. The lowest BCUT2D eigenvalue weighted by Gasteiger charge is -2.26. The van der Waals surface area contributed by atoms with Crippen molar-refractivity contribution in [3.8, 4) is 11.1 Å². The monoisotopic (exact) mass is 398 g/mol. The van der Waals surface area contributed by atoms with E-state index in [9.17, 15) is 9.18 Å². The summed E-state index contributed by atoms with van der Waals surface area (Å²) < 4.78 is 19.2. The van der Waals surface area contributed by atoms with Crippen LogP contribution in [0.3, 0.4) is 0 Å². The average molecular weight is 399 g/mol. The van der Waals surface area contributed by atoms with Crippen LogP contribution in [0.1, 0.15) is 43.2 Å². The zero-order chi connectivity index (χ0) is 20.6. The number of hydrogen-bond donors (Lipinski definition) is 1. The third kappa shape index (κ3) is 5.64. The van der Waals surface area contributed by atoms with Crippen molar-refractivity contribution >= 4 is 11.6 Å². The van der Waals surface area contributed by atoms with Crippen LogP contribution < -0.4 is 10.2 Å². The van der Waals surface area contributed by atoms with Crippen LogP contribution in [-0.4, -0.2) is 32.7 Å². The number of fused-ring (bicyclic) bond motifs is 1. The van der Waals surface area contributed by atoms with Crippen molar-refractivity contribution in [1.82, 2.24) is 5.32 Å². The number of rotatable bonds is 3. The number of hydrogen-bond acceptors (Lipinski definition) is 3. The molecule has 0 saturated carbocycles. The van der Waals surface area contributed by atoms with Crippen LogP contribution in [0.5, 0.6) is 0 Å². The van der Waals surface area contributed by atoms with Gasteiger partial charge in [0.15, 0.2) is 0 Å². The van der Waals surface area contributed by atoms with Gasteiger partial charge in [0.05, 0.1) is 0 Å². The van der Waals surface area contributed by atoms with Crippen LogP contribution in [-0.2, 0) is 16.1 Å². The highest BCUT2D eigenvalue weighted by Gasteiger charge is 2.19. The number of methoxy groups -OCH3 is 1. The van der Waals surface area contributed by atoms with Crippen LogP contribution in [0.2, 0.25) is 0 Å². The van der Waals surface area contributed by atoms with E-state index >= 15 is 0 Å². The van der Waals surface area contributed by atoms with E-state index in [2.05, 4.69) is 11.4 Å². The molecule has 0 unspecified atom stereocenters. The number of carbonyl (C=O) groups excluding carboxylic acids is 1. The molecule has 0 atom stereocenters. The van der Waals surface area contributed by atoms with Gasteiger partial charge in [-0.2, -0.15) is 0 Å². The minimum Gasteiger partial charge on any atom is -0.375 e. The summed E-state index contributed by atoms with van der Waals surface area (Å²) >= 11 is 0. The maximum atomic E-state index is 14.1. The fraction of sp³-hybridized carbons (Fsp3) is 0.458. The number of halogens is 1. The number of benzene rings is 2. The molecule has 0 fully saturated rings. The number of carbonyl (C=O) groups is 1. The van der Waals surface area contributed by atoms with E-state index in [0.29, 0.717) is 18.7 Å². The molecule has 2 aromatic rings. The smallest absolute Gasteiger partial charge is 0.252 e. The Balaban J connectivity index is 1.98. The molecule has 4 nitrogen and oxygen atoms in total. The highest BCUT2D eigenvalue weighted by molar-refractivity contribution is 5.95. The predicted molar refractivity (Wildman–Crippen MR) is 116 cm³/mol. The summed E-state index contributed by atoms with van der Waals surface area (Å²) in [7, 11) is 1.55. The van der Waals surface area contributed by atoms with Crippen molar-refractivity contribution in [2.24, 2.45) is 0 Å². The highest BCUT2D eigenvalue weighted by atomic mass is 19.1. The molecule has 29 heavy (non-hydrogen) atoms. The topological polar surface area (TPSA) is 41.6 Å². The van der Waals surface area contributed by atoms with E-state index < -0.39 is 0 Å². The van der Waals surface area contributed by atoms with Crippen molar-refractivity contribution in [3.05, 3.63) is 53.3 Å². The van der Waals surface area contributed by atoms with Gasteiger partial charge in [-0.3, -0.25) is 4.79 Å². The van der Waals surface area contributed by atoms with E-state index in [-0.39, 0.29) is 18.3 Å². The lowest BCUT2D eigenvalue weighted by molar-refractivity contribution is -0.122. The molecular weight excluding hydrogens is 367 g/mol. The van der Waals surface area contributed by atoms with Gasteiger partial charge in [0.25, 0.3) is 5.91 Å². The van der Waals surface area contributed by atoms with Gasteiger partial charge in [0.1, 0.15) is 12.4 Å². The van der Waals surface area contributed by atoms with Crippen LogP contribution in [0.15, 0.2) is 36.4 Å². The van der Waals surface area contributed by atoms with E-state index in [4.69, 9.17) is 4.74 Å². The number of aryl methyl sites for hydroxylation is 1. The number of nitrogens with one attached hydrogen (secondary N) is 1. The number of nitrogens with zero attached hydrogens (tertiary/aromatic N) is 1. The van der Waals surface area contributed by atoms with Crippen molar-refractivity contribution in [2.75, 3.05) is 31.7 Å². The van der Waals surface area contributed by atoms with Gasteiger partial charge in [0.2, 0.25) is 0 Å². The van der Waals surface area contributed by atoms with Gasteiger partial charge >= 0.3 is 0 Å². The molecule has 0 aromatic heterocycles. The third-order valence-electron chi connectivity index (χ3n) is 5.50. The first kappa shape index (κ1) is 21.5. The zero-order valence-electron chi connectivity index (χ0n) is 17.5. The molecule has 0 saturated heterocycles. The van der Waals surface area contributed by atoms with Crippen LogP contribution in [0.25, 0.3) is 11.1 Å². The van der Waals surface area contributed by atoms with Crippen LogP contribution >= 0.6 is 0 Å². The fourth-order valence-electron chi connectivity index (χ4n) is 3.80. The predicted octanol–water partition coefficient (Wildman–Crippen LogP) is 4.83. The van der Waals surface area contributed by atoms with E-state index in [1.807, 2.05) is 23.1 Å². The SMILES string of the molecule is COCC(=O)N1CCCCCCCNCc2cc(-c3ccc(C)c(F)c3)ccc21. The Morgan fingerprint density at radius 3 is 2.59 bits per heavy atom. The molecule has 156 valence electrons. The second kappa shape index (κ2) is 10.5. The Bertz CT molecular complexity index is 838. The largest absolute Gasteiger partial charge is 0.375 e. The van der Waals surface area contributed by atoms with E-state index in [1.165, 1.54) is 12.8 Å². The number of amides is 1. The lowest BCUT2D eigenvalue weighted by Crippen LogP contribution is -2.36. The quantitative estimate of drug-likeness (QED) is 0.805. The second-order valence-corrected chi connectivity index (χ2v) is 7.73. The molecule has 0 radical (unpaired) electrons. The molecule has 3 rings (SSSR count). The maximum absolute atomic E-state index is 14.1. The Kier molecular flexibility index (Phi) is 7.78. The average Bonchev–Trinajstić information content (AvgIpc) is 2.70. The normalized spacial score (nSPS) is 15.9. The van der Waals surface area contributed by atoms with Gasteiger partial charge in [-0.05, 0) is 66.8 Å². The Morgan fingerprint density at radius 1 is 1.07 bits per heavy atom. The van der Waals surface area contributed by atoms with Crippen molar-refractivity contribution < 1.29 is 13.9 Å². The van der Waals surface area contributed by atoms with Gasteiger partial charge in [-0.1, -0.05) is 37.5 Å². The van der Waals surface area contributed by atoms with Crippen LogP contribution in [0, 0.1) is 12.7 Å². The van der Waals surface area contributed by atoms with Crippen molar-refractivity contribution in [3.63, 3.8) is 0 Å². The van der Waals surface area contributed by atoms with Gasteiger partial charge in [-0.15, -0.1) is 0 Å².